The Bertz CT molecular complexity index is 1520. The molecule has 0 spiro atoms. The molecule has 0 N–H and O–H groups in total. The fourth-order valence-corrected chi connectivity index (χ4v) is 6.03. The number of aryl methyl sites for hydroxylation is 1. The normalized spacial score (nSPS) is 26.2. The average Bonchev–Trinajstić information content (AvgIpc) is 3.37. The zero-order chi connectivity index (χ0) is 29.6. The minimum Gasteiger partial charge on any atom is -0.484 e. The predicted octanol–water partition coefficient (Wildman–Crippen LogP) is 5.14. The van der Waals surface area contributed by atoms with Crippen molar-refractivity contribution in [3.8, 4) is 5.75 Å². The molecule has 2 aliphatic rings. The molecule has 0 aliphatic carbocycles. The first-order valence-corrected chi connectivity index (χ1v) is 15.1. The molecule has 2 saturated heterocycles. The second-order valence-electron chi connectivity index (χ2n) is 11.4. The van der Waals surface area contributed by atoms with Crippen LogP contribution in [0, 0.1) is 12.8 Å². The molecule has 0 amide bonds. The van der Waals surface area contributed by atoms with Gasteiger partial charge in [0, 0.05) is 0 Å². The minimum absolute atomic E-state index is 0.0103. The average molecular weight is 585 g/mol. The van der Waals surface area contributed by atoms with Gasteiger partial charge < -0.3 is 23.7 Å². The van der Waals surface area contributed by atoms with Crippen LogP contribution in [0.25, 0.3) is 10.8 Å². The SMILES string of the molecule is Cc1ccc(S(=O)(=O)OC[C@]2([C@H](C)OC(=O)C(C)C)O[C@@H]3OC(C)(C)O[C@@H]3[C@@H]2Oc2ccc3ccccc3c2)cc1. The summed E-state index contributed by atoms with van der Waals surface area (Å²) in [5.41, 5.74) is -0.706. The van der Waals surface area contributed by atoms with Gasteiger partial charge in [-0.25, -0.2) is 0 Å². The molecule has 5 rings (SSSR count). The van der Waals surface area contributed by atoms with Gasteiger partial charge in [0.2, 0.25) is 0 Å². The molecule has 5 atom stereocenters. The molecule has 0 radical (unpaired) electrons. The van der Waals surface area contributed by atoms with Crippen LogP contribution in [0.4, 0.5) is 0 Å². The fourth-order valence-electron chi connectivity index (χ4n) is 5.08. The van der Waals surface area contributed by atoms with Crippen molar-refractivity contribution >= 4 is 26.9 Å². The second-order valence-corrected chi connectivity index (χ2v) is 13.0. The Kier molecular flexibility index (Phi) is 7.90. The van der Waals surface area contributed by atoms with Gasteiger partial charge in [-0.05, 0) is 62.7 Å². The number of benzene rings is 3. The number of hydrogen-bond donors (Lipinski definition) is 0. The van der Waals surface area contributed by atoms with Crippen molar-refractivity contribution in [3.63, 3.8) is 0 Å². The highest BCUT2D eigenvalue weighted by molar-refractivity contribution is 7.86. The van der Waals surface area contributed by atoms with E-state index in [1.807, 2.05) is 49.4 Å². The second kappa shape index (κ2) is 11.0. The summed E-state index contributed by atoms with van der Waals surface area (Å²) in [4.78, 5) is 12.7. The van der Waals surface area contributed by atoms with Gasteiger partial charge in [-0.1, -0.05) is 61.9 Å². The molecule has 2 heterocycles. The standard InChI is InChI=1S/C31H36O9S/c1-19(2)28(32)36-21(4)31(18-35-41(33,34)25-15-11-20(3)12-16-25)27(26-29(40-31)39-30(5,6)38-26)37-24-14-13-22-9-7-8-10-23(22)17-24/h7-17,19,21,26-27,29H,18H2,1-6H3/t21-,26+,27-,29-,31+/m0/s1. The van der Waals surface area contributed by atoms with E-state index in [1.54, 1.807) is 46.8 Å². The third-order valence-electron chi connectivity index (χ3n) is 7.39. The Balaban J connectivity index is 1.54. The molecule has 220 valence electrons. The predicted molar refractivity (Wildman–Crippen MR) is 151 cm³/mol. The Morgan fingerprint density at radius 3 is 2.29 bits per heavy atom. The van der Waals surface area contributed by atoms with Gasteiger partial charge in [-0.2, -0.15) is 8.42 Å². The molecule has 41 heavy (non-hydrogen) atoms. The number of hydrogen-bond acceptors (Lipinski definition) is 9. The summed E-state index contributed by atoms with van der Waals surface area (Å²) in [5, 5.41) is 1.98. The van der Waals surface area contributed by atoms with Crippen molar-refractivity contribution in [1.29, 1.82) is 0 Å². The molecule has 10 heteroatoms. The summed E-state index contributed by atoms with van der Waals surface area (Å²) in [7, 11) is -4.21. The van der Waals surface area contributed by atoms with E-state index in [-0.39, 0.29) is 4.90 Å². The van der Waals surface area contributed by atoms with Crippen molar-refractivity contribution < 1.29 is 41.1 Å². The molecule has 0 bridgehead atoms. The van der Waals surface area contributed by atoms with Crippen LogP contribution < -0.4 is 4.74 Å². The van der Waals surface area contributed by atoms with E-state index in [2.05, 4.69) is 0 Å². The summed E-state index contributed by atoms with van der Waals surface area (Å²) >= 11 is 0. The summed E-state index contributed by atoms with van der Waals surface area (Å²) in [6, 6.07) is 19.8. The van der Waals surface area contributed by atoms with E-state index in [1.165, 1.54) is 12.1 Å². The van der Waals surface area contributed by atoms with Gasteiger partial charge >= 0.3 is 5.97 Å². The number of rotatable bonds is 9. The van der Waals surface area contributed by atoms with E-state index in [9.17, 15) is 13.2 Å². The molecule has 2 aliphatic heterocycles. The Morgan fingerprint density at radius 1 is 0.927 bits per heavy atom. The lowest BCUT2D eigenvalue weighted by Gasteiger charge is -2.40. The molecule has 9 nitrogen and oxygen atoms in total. The number of carbonyl (C=O) groups excluding carboxylic acids is 1. The maximum absolute atomic E-state index is 13.3. The lowest BCUT2D eigenvalue weighted by Crippen LogP contribution is -2.59. The number of carbonyl (C=O) groups is 1. The van der Waals surface area contributed by atoms with Crippen molar-refractivity contribution in [3.05, 3.63) is 72.3 Å². The van der Waals surface area contributed by atoms with E-state index in [0.29, 0.717) is 5.75 Å². The summed E-state index contributed by atoms with van der Waals surface area (Å²) in [6.07, 6.45) is -3.68. The smallest absolute Gasteiger partial charge is 0.308 e. The number of ether oxygens (including phenoxy) is 5. The van der Waals surface area contributed by atoms with Crippen LogP contribution in [0.5, 0.6) is 5.75 Å². The zero-order valence-electron chi connectivity index (χ0n) is 24.0. The topological polar surface area (TPSA) is 107 Å². The van der Waals surface area contributed by atoms with Gasteiger partial charge in [0.05, 0.1) is 10.8 Å². The van der Waals surface area contributed by atoms with E-state index >= 15 is 0 Å². The maximum Gasteiger partial charge on any atom is 0.308 e. The summed E-state index contributed by atoms with van der Waals surface area (Å²) < 4.78 is 63.2. The highest BCUT2D eigenvalue weighted by Gasteiger charge is 2.67. The maximum atomic E-state index is 13.3. The van der Waals surface area contributed by atoms with Crippen LogP contribution in [-0.2, 0) is 38.0 Å². The third-order valence-corrected chi connectivity index (χ3v) is 8.67. The number of fused-ring (bicyclic) bond motifs is 2. The minimum atomic E-state index is -4.21. The van der Waals surface area contributed by atoms with Crippen molar-refractivity contribution in [2.45, 2.75) is 82.4 Å². The molecular formula is C31H36O9S. The third kappa shape index (κ3) is 5.98. The first kappa shape index (κ1) is 29.5. The Labute approximate surface area is 240 Å². The van der Waals surface area contributed by atoms with Crippen LogP contribution in [0.3, 0.4) is 0 Å². The molecule has 3 aromatic rings. The molecule has 0 unspecified atom stereocenters. The molecular weight excluding hydrogens is 548 g/mol. The van der Waals surface area contributed by atoms with Gasteiger partial charge in [0.1, 0.15) is 18.5 Å². The first-order chi connectivity index (χ1) is 19.3. The van der Waals surface area contributed by atoms with Crippen molar-refractivity contribution in [2.75, 3.05) is 6.61 Å². The first-order valence-electron chi connectivity index (χ1n) is 13.7. The van der Waals surface area contributed by atoms with E-state index in [0.717, 1.165) is 16.3 Å². The monoisotopic (exact) mass is 584 g/mol. The quantitative estimate of drug-likeness (QED) is 0.250. The Hall–Kier alpha value is -3.02. The lowest BCUT2D eigenvalue weighted by molar-refractivity contribution is -0.262. The van der Waals surface area contributed by atoms with Gasteiger partial charge in [0.25, 0.3) is 10.1 Å². The van der Waals surface area contributed by atoms with Crippen molar-refractivity contribution in [1.82, 2.24) is 0 Å². The van der Waals surface area contributed by atoms with Crippen LogP contribution in [0.2, 0.25) is 0 Å². The summed E-state index contributed by atoms with van der Waals surface area (Å²) in [5.74, 6) is -1.40. The van der Waals surface area contributed by atoms with Gasteiger partial charge in [-0.3, -0.25) is 8.98 Å². The molecule has 0 aromatic heterocycles. The van der Waals surface area contributed by atoms with Gasteiger partial charge in [0.15, 0.2) is 29.9 Å². The lowest BCUT2D eigenvalue weighted by atomic mass is 9.90. The van der Waals surface area contributed by atoms with E-state index in [4.69, 9.17) is 27.9 Å². The summed E-state index contributed by atoms with van der Waals surface area (Å²) in [6.45, 7) is 9.90. The van der Waals surface area contributed by atoms with Crippen LogP contribution in [-0.4, -0.2) is 57.0 Å². The van der Waals surface area contributed by atoms with Crippen LogP contribution >= 0.6 is 0 Å². The zero-order valence-corrected chi connectivity index (χ0v) is 24.8. The van der Waals surface area contributed by atoms with E-state index < -0.39 is 64.6 Å². The highest BCUT2D eigenvalue weighted by atomic mass is 32.2. The largest absolute Gasteiger partial charge is 0.484 e. The molecule has 0 saturated carbocycles. The van der Waals surface area contributed by atoms with Crippen LogP contribution in [0.1, 0.15) is 40.2 Å². The van der Waals surface area contributed by atoms with Crippen molar-refractivity contribution in [2.24, 2.45) is 5.92 Å². The molecule has 2 fully saturated rings. The molecule has 3 aromatic carbocycles. The number of esters is 1. The highest BCUT2D eigenvalue weighted by Crippen LogP contribution is 2.47. The fraction of sp³-hybridized carbons (Fsp3) is 0.452. The van der Waals surface area contributed by atoms with Crippen LogP contribution in [0.15, 0.2) is 71.6 Å². The van der Waals surface area contributed by atoms with Gasteiger partial charge in [-0.15, -0.1) is 0 Å². The Morgan fingerprint density at radius 2 is 1.61 bits per heavy atom.